The molecule has 3 saturated heterocycles. The summed E-state index contributed by atoms with van der Waals surface area (Å²) in [4.78, 5) is 0. The molecule has 7 rings (SSSR count). The zero-order valence-electron chi connectivity index (χ0n) is 25.3. The predicted molar refractivity (Wildman–Crippen MR) is 150 cm³/mol. The van der Waals surface area contributed by atoms with Gasteiger partial charge in [0.1, 0.15) is 24.4 Å². The summed E-state index contributed by atoms with van der Waals surface area (Å²) in [5.41, 5.74) is 1.91. The van der Waals surface area contributed by atoms with E-state index in [9.17, 15) is 20.4 Å². The third-order valence-corrected chi connectivity index (χ3v) is 13.5. The molecule has 8 heteroatoms. The van der Waals surface area contributed by atoms with Crippen molar-refractivity contribution in [2.24, 2.45) is 46.3 Å². The van der Waals surface area contributed by atoms with Gasteiger partial charge in [-0.25, -0.2) is 0 Å². The van der Waals surface area contributed by atoms with Crippen molar-refractivity contribution >= 4 is 0 Å². The number of fused-ring (bicyclic) bond motifs is 7. The number of allylic oxidation sites excluding steroid dienone is 1. The largest absolute Gasteiger partial charge is 0.394 e. The number of aliphatic hydroxyl groups excluding tert-OH is 4. The molecule has 1 spiro atoms. The monoisotopic (exact) mass is 576 g/mol. The Morgan fingerprint density at radius 1 is 0.976 bits per heavy atom. The molecule has 3 heterocycles. The van der Waals surface area contributed by atoms with Crippen LogP contribution in [0.4, 0.5) is 0 Å². The van der Waals surface area contributed by atoms with E-state index in [0.29, 0.717) is 47.0 Å². The van der Waals surface area contributed by atoms with Crippen LogP contribution in [0.1, 0.15) is 85.5 Å². The minimum atomic E-state index is -1.41. The van der Waals surface area contributed by atoms with Gasteiger partial charge in [0.05, 0.1) is 25.4 Å². The van der Waals surface area contributed by atoms with Crippen molar-refractivity contribution in [3.8, 4) is 0 Å². The molecule has 8 nitrogen and oxygen atoms in total. The van der Waals surface area contributed by atoms with Crippen LogP contribution in [-0.2, 0) is 18.9 Å². The highest BCUT2D eigenvalue weighted by Gasteiger charge is 2.68. The van der Waals surface area contributed by atoms with Gasteiger partial charge in [0.25, 0.3) is 0 Å². The third kappa shape index (κ3) is 4.29. The molecule has 7 aliphatic rings. The van der Waals surface area contributed by atoms with E-state index in [0.717, 1.165) is 45.1 Å². The fourth-order valence-electron chi connectivity index (χ4n) is 11.1. The maximum absolute atomic E-state index is 10.5. The molecule has 0 aromatic carbocycles. The Balaban J connectivity index is 1.05. The molecule has 0 bridgehead atoms. The summed E-state index contributed by atoms with van der Waals surface area (Å²) in [6.07, 6.45) is 6.24. The highest BCUT2D eigenvalue weighted by molar-refractivity contribution is 5.26. The molecule has 16 atom stereocenters. The van der Waals surface area contributed by atoms with Crippen molar-refractivity contribution in [1.82, 2.24) is 0 Å². The van der Waals surface area contributed by atoms with Crippen LogP contribution < -0.4 is 0 Å². The Bertz CT molecular complexity index is 1020. The van der Waals surface area contributed by atoms with Crippen molar-refractivity contribution in [2.75, 3.05) is 13.2 Å². The van der Waals surface area contributed by atoms with Gasteiger partial charge >= 0.3 is 0 Å². The fourth-order valence-corrected chi connectivity index (χ4v) is 11.1. The molecule has 10 unspecified atom stereocenters. The minimum absolute atomic E-state index is 0.129. The molecular formula is C33H52O8. The quantitative estimate of drug-likeness (QED) is 0.377. The van der Waals surface area contributed by atoms with Crippen LogP contribution in [-0.4, -0.2) is 82.3 Å². The molecule has 4 N–H and O–H groups in total. The summed E-state index contributed by atoms with van der Waals surface area (Å²) in [7, 11) is 0. The van der Waals surface area contributed by atoms with E-state index < -0.39 is 37.3 Å². The van der Waals surface area contributed by atoms with Crippen molar-refractivity contribution in [3.05, 3.63) is 11.6 Å². The van der Waals surface area contributed by atoms with E-state index in [4.69, 9.17) is 18.9 Å². The molecule has 0 amide bonds. The van der Waals surface area contributed by atoms with E-state index in [1.807, 2.05) is 0 Å². The van der Waals surface area contributed by atoms with Crippen LogP contribution in [0.3, 0.4) is 0 Å². The molecule has 0 aromatic rings. The van der Waals surface area contributed by atoms with Crippen molar-refractivity contribution in [2.45, 2.75) is 134 Å². The maximum Gasteiger partial charge on any atom is 0.186 e. The van der Waals surface area contributed by atoms with E-state index >= 15 is 0 Å². The summed E-state index contributed by atoms with van der Waals surface area (Å²) in [6, 6.07) is 0. The third-order valence-electron chi connectivity index (χ3n) is 13.5. The number of aliphatic hydroxyl groups is 4. The van der Waals surface area contributed by atoms with Gasteiger partial charge < -0.3 is 39.4 Å². The maximum atomic E-state index is 10.5. The second-order valence-corrected chi connectivity index (χ2v) is 15.5. The summed E-state index contributed by atoms with van der Waals surface area (Å²) >= 11 is 0. The first-order chi connectivity index (χ1) is 19.5. The van der Waals surface area contributed by atoms with E-state index in [2.05, 4.69) is 33.8 Å². The molecule has 232 valence electrons. The Labute approximate surface area is 244 Å². The van der Waals surface area contributed by atoms with E-state index in [1.54, 1.807) is 0 Å². The molecule has 0 radical (unpaired) electrons. The van der Waals surface area contributed by atoms with E-state index in [-0.39, 0.29) is 17.3 Å². The van der Waals surface area contributed by atoms with Crippen LogP contribution in [0.25, 0.3) is 0 Å². The smallest absolute Gasteiger partial charge is 0.186 e. The van der Waals surface area contributed by atoms with E-state index in [1.165, 1.54) is 24.8 Å². The van der Waals surface area contributed by atoms with Gasteiger partial charge in [-0.2, -0.15) is 0 Å². The Kier molecular flexibility index (Phi) is 7.27. The Morgan fingerprint density at radius 2 is 1.78 bits per heavy atom. The highest BCUT2D eigenvalue weighted by atomic mass is 16.7. The predicted octanol–water partition coefficient (Wildman–Crippen LogP) is 3.54. The lowest BCUT2D eigenvalue weighted by Gasteiger charge is -2.58. The SMILES string of the molecule is CC1CCC2(OC1)OC1CC3C4CC=C5CC(OC6OC(CO)[C@H](O)[C@H](O)[C@H]6O)CC[C@]5(C)C4CC[C@]3(C)C1[C@@H]2C. The topological polar surface area (TPSA) is 118 Å². The molecule has 0 aromatic heterocycles. The lowest BCUT2D eigenvalue weighted by Crippen LogP contribution is -2.60. The lowest BCUT2D eigenvalue weighted by atomic mass is 9.47. The lowest BCUT2D eigenvalue weighted by molar-refractivity contribution is -0.313. The second kappa shape index (κ2) is 10.2. The van der Waals surface area contributed by atoms with Gasteiger partial charge in [0.15, 0.2) is 12.1 Å². The molecular weight excluding hydrogens is 524 g/mol. The van der Waals surface area contributed by atoms with Crippen LogP contribution in [0.15, 0.2) is 11.6 Å². The van der Waals surface area contributed by atoms with Gasteiger partial charge in [-0.3, -0.25) is 0 Å². The van der Waals surface area contributed by atoms with Crippen molar-refractivity contribution in [1.29, 1.82) is 0 Å². The fraction of sp³-hybridized carbons (Fsp3) is 0.939. The zero-order valence-corrected chi connectivity index (χ0v) is 25.3. The van der Waals surface area contributed by atoms with Crippen LogP contribution >= 0.6 is 0 Å². The standard InChI is InChI=1S/C33H52O8/c1-17-7-12-33(38-16-17)18(2)26-24(41-33)14-23-21-6-5-19-13-20(8-10-31(19,3)22(21)9-11-32(23,26)4)39-30-29(37)28(36)27(35)25(15-34)40-30/h5,17-18,20-30,34-37H,6-16H2,1-4H3/t17?,18-,20?,21?,22?,23?,24?,25?,26?,27-,28-,29+,30?,31-,32-,33?/m0/s1. The van der Waals surface area contributed by atoms with Crippen molar-refractivity contribution in [3.63, 3.8) is 0 Å². The molecule has 4 aliphatic carbocycles. The molecule has 3 aliphatic heterocycles. The highest BCUT2D eigenvalue weighted by Crippen LogP contribution is 2.70. The second-order valence-electron chi connectivity index (χ2n) is 15.5. The summed E-state index contributed by atoms with van der Waals surface area (Å²) in [5.74, 6) is 3.28. The first-order valence-corrected chi connectivity index (χ1v) is 16.5. The average Bonchev–Trinajstić information content (AvgIpc) is 3.40. The number of hydrogen-bond donors (Lipinski definition) is 4. The number of ether oxygens (including phenoxy) is 4. The number of rotatable bonds is 3. The van der Waals surface area contributed by atoms with Crippen LogP contribution in [0, 0.1) is 46.3 Å². The van der Waals surface area contributed by atoms with Crippen LogP contribution in [0.2, 0.25) is 0 Å². The first kappa shape index (κ1) is 29.1. The molecule has 6 fully saturated rings. The Morgan fingerprint density at radius 3 is 2.51 bits per heavy atom. The van der Waals surface area contributed by atoms with Gasteiger partial charge in [-0.1, -0.05) is 39.3 Å². The minimum Gasteiger partial charge on any atom is -0.394 e. The van der Waals surface area contributed by atoms with Crippen molar-refractivity contribution < 1.29 is 39.4 Å². The number of hydrogen-bond acceptors (Lipinski definition) is 8. The van der Waals surface area contributed by atoms with Gasteiger partial charge in [-0.05, 0) is 91.8 Å². The first-order valence-electron chi connectivity index (χ1n) is 16.5. The van der Waals surface area contributed by atoms with Gasteiger partial charge in [0.2, 0.25) is 0 Å². The summed E-state index contributed by atoms with van der Waals surface area (Å²) < 4.78 is 25.3. The zero-order chi connectivity index (χ0) is 28.9. The summed E-state index contributed by atoms with van der Waals surface area (Å²) in [5, 5.41) is 40.4. The Hall–Kier alpha value is -0.580. The average molecular weight is 577 g/mol. The summed E-state index contributed by atoms with van der Waals surface area (Å²) in [6.45, 7) is 10.1. The normalized spacial score (nSPS) is 58.3. The van der Waals surface area contributed by atoms with Gasteiger partial charge in [-0.15, -0.1) is 0 Å². The van der Waals surface area contributed by atoms with Crippen LogP contribution in [0.5, 0.6) is 0 Å². The molecule has 3 saturated carbocycles. The molecule has 41 heavy (non-hydrogen) atoms. The van der Waals surface area contributed by atoms with Gasteiger partial charge in [0, 0.05) is 12.3 Å².